The molecule has 130 valence electrons. The molecular weight excluding hydrogens is 308 g/mol. The predicted octanol–water partition coefficient (Wildman–Crippen LogP) is 1.49. The average Bonchev–Trinajstić information content (AvgIpc) is 3.03. The molecule has 0 aliphatic heterocycles. The normalized spacial score (nSPS) is 11.0. The Morgan fingerprint density at radius 2 is 2.08 bits per heavy atom. The molecule has 2 aromatic rings. The molecule has 2 rings (SSSR count). The van der Waals surface area contributed by atoms with E-state index in [0.717, 1.165) is 12.0 Å². The lowest BCUT2D eigenvalue weighted by Gasteiger charge is -2.13. The number of benzene rings is 1. The number of methoxy groups -OCH3 is 1. The fourth-order valence-electron chi connectivity index (χ4n) is 2.21. The van der Waals surface area contributed by atoms with Crippen molar-refractivity contribution in [3.8, 4) is 11.4 Å². The van der Waals surface area contributed by atoms with Gasteiger partial charge in [-0.05, 0) is 19.0 Å². The molecule has 0 saturated heterocycles. The zero-order valence-corrected chi connectivity index (χ0v) is 14.4. The van der Waals surface area contributed by atoms with Crippen molar-refractivity contribution < 1.29 is 14.1 Å². The minimum absolute atomic E-state index is 0.0653. The summed E-state index contributed by atoms with van der Waals surface area (Å²) >= 11 is 0. The van der Waals surface area contributed by atoms with E-state index in [9.17, 15) is 4.79 Å². The van der Waals surface area contributed by atoms with Crippen LogP contribution in [-0.2, 0) is 22.5 Å². The van der Waals surface area contributed by atoms with E-state index in [4.69, 9.17) is 9.26 Å². The lowest BCUT2D eigenvalue weighted by atomic mass is 10.1. The zero-order valence-electron chi connectivity index (χ0n) is 14.4. The first-order valence-electron chi connectivity index (χ1n) is 7.98. The number of aromatic nitrogens is 2. The van der Waals surface area contributed by atoms with Gasteiger partial charge in [-0.15, -0.1) is 0 Å². The third-order valence-electron chi connectivity index (χ3n) is 3.54. The number of carbonyl (C=O) groups is 1. The number of likely N-dealkylation sites (N-methyl/N-ethyl adjacent to an activating group) is 1. The molecule has 0 saturated carbocycles. The number of aryl methyl sites for hydroxylation is 1. The monoisotopic (exact) mass is 332 g/mol. The molecule has 1 N–H and O–H groups in total. The van der Waals surface area contributed by atoms with E-state index < -0.39 is 0 Å². The summed E-state index contributed by atoms with van der Waals surface area (Å²) in [5, 5.41) is 6.77. The Balaban J connectivity index is 1.87. The highest BCUT2D eigenvalue weighted by molar-refractivity contribution is 5.77. The molecule has 0 atom stereocenters. The van der Waals surface area contributed by atoms with Gasteiger partial charge in [0.05, 0.1) is 19.7 Å². The Kier molecular flexibility index (Phi) is 6.89. The molecule has 24 heavy (non-hydrogen) atoms. The van der Waals surface area contributed by atoms with Gasteiger partial charge in [0.25, 0.3) is 0 Å². The third-order valence-corrected chi connectivity index (χ3v) is 3.54. The lowest BCUT2D eigenvalue weighted by Crippen LogP contribution is -2.36. The summed E-state index contributed by atoms with van der Waals surface area (Å²) < 4.78 is 10.2. The molecule has 0 radical (unpaired) electrons. The summed E-state index contributed by atoms with van der Waals surface area (Å²) in [6.07, 6.45) is 0.995. The third kappa shape index (κ3) is 5.43. The van der Waals surface area contributed by atoms with Crippen molar-refractivity contribution in [2.24, 2.45) is 0 Å². The summed E-state index contributed by atoms with van der Waals surface area (Å²) in [5.41, 5.74) is 2.18. The van der Waals surface area contributed by atoms with Crippen molar-refractivity contribution in [2.45, 2.75) is 19.9 Å². The van der Waals surface area contributed by atoms with E-state index in [0.29, 0.717) is 31.4 Å². The summed E-state index contributed by atoms with van der Waals surface area (Å²) in [7, 11) is 3.43. The quantitative estimate of drug-likeness (QED) is 0.701. The Labute approximate surface area is 142 Å². The number of amides is 1. The minimum atomic E-state index is -0.0653. The highest BCUT2D eigenvalue weighted by atomic mass is 16.5. The van der Waals surface area contributed by atoms with E-state index in [1.165, 1.54) is 5.56 Å². The largest absolute Gasteiger partial charge is 0.383 e. The molecule has 0 spiro atoms. The summed E-state index contributed by atoms with van der Waals surface area (Å²) in [6.45, 7) is 3.79. The van der Waals surface area contributed by atoms with Crippen molar-refractivity contribution >= 4 is 5.91 Å². The van der Waals surface area contributed by atoms with Gasteiger partial charge in [0.2, 0.25) is 17.6 Å². The summed E-state index contributed by atoms with van der Waals surface area (Å²) in [4.78, 5) is 17.9. The topological polar surface area (TPSA) is 80.5 Å². The van der Waals surface area contributed by atoms with Crippen LogP contribution in [0.3, 0.4) is 0 Å². The Morgan fingerprint density at radius 1 is 1.33 bits per heavy atom. The molecule has 1 amide bonds. The average molecular weight is 332 g/mol. The van der Waals surface area contributed by atoms with E-state index in [-0.39, 0.29) is 12.5 Å². The van der Waals surface area contributed by atoms with E-state index >= 15 is 0 Å². The number of carbonyl (C=O) groups excluding carboxylic acids is 1. The van der Waals surface area contributed by atoms with Crippen LogP contribution in [0.15, 0.2) is 28.8 Å². The van der Waals surface area contributed by atoms with Crippen molar-refractivity contribution in [3.05, 3.63) is 35.7 Å². The first-order chi connectivity index (χ1) is 11.6. The first kappa shape index (κ1) is 18.1. The second-order valence-corrected chi connectivity index (χ2v) is 5.58. The number of hydrogen-bond acceptors (Lipinski definition) is 6. The number of nitrogens with one attached hydrogen (secondary N) is 1. The Morgan fingerprint density at radius 3 is 2.75 bits per heavy atom. The maximum atomic E-state index is 11.7. The molecule has 7 heteroatoms. The van der Waals surface area contributed by atoms with Crippen LogP contribution < -0.4 is 5.32 Å². The van der Waals surface area contributed by atoms with Gasteiger partial charge in [0, 0.05) is 19.2 Å². The maximum Gasteiger partial charge on any atom is 0.241 e. The second kappa shape index (κ2) is 9.14. The summed E-state index contributed by atoms with van der Waals surface area (Å²) in [6, 6.07) is 8.09. The van der Waals surface area contributed by atoms with Gasteiger partial charge >= 0.3 is 0 Å². The van der Waals surface area contributed by atoms with E-state index in [2.05, 4.69) is 34.5 Å². The Hall–Kier alpha value is -2.25. The van der Waals surface area contributed by atoms with Crippen LogP contribution in [-0.4, -0.2) is 54.8 Å². The smallest absolute Gasteiger partial charge is 0.241 e. The molecular formula is C17H24N4O3. The molecule has 1 heterocycles. The van der Waals surface area contributed by atoms with Gasteiger partial charge in [-0.1, -0.05) is 36.3 Å². The molecule has 0 aliphatic rings. The lowest BCUT2D eigenvalue weighted by molar-refractivity contribution is -0.122. The van der Waals surface area contributed by atoms with Gasteiger partial charge in [0.1, 0.15) is 0 Å². The fraction of sp³-hybridized carbons (Fsp3) is 0.471. The molecule has 0 unspecified atom stereocenters. The SMILES string of the molecule is CCc1ccc(-c2noc(CN(C)CC(=O)NCCOC)n2)cc1. The fourth-order valence-corrected chi connectivity index (χ4v) is 2.21. The minimum Gasteiger partial charge on any atom is -0.383 e. The highest BCUT2D eigenvalue weighted by Crippen LogP contribution is 2.17. The number of rotatable bonds is 9. The number of nitrogens with zero attached hydrogens (tertiary/aromatic N) is 3. The molecule has 0 aliphatic carbocycles. The van der Waals surface area contributed by atoms with Crippen LogP contribution in [0.2, 0.25) is 0 Å². The van der Waals surface area contributed by atoms with Crippen LogP contribution in [0.4, 0.5) is 0 Å². The molecule has 0 bridgehead atoms. The highest BCUT2D eigenvalue weighted by Gasteiger charge is 2.13. The van der Waals surface area contributed by atoms with Crippen LogP contribution in [0.1, 0.15) is 18.4 Å². The van der Waals surface area contributed by atoms with Gasteiger partial charge in [-0.25, -0.2) is 0 Å². The molecule has 1 aromatic heterocycles. The number of hydrogen-bond donors (Lipinski definition) is 1. The molecule has 0 fully saturated rings. The van der Waals surface area contributed by atoms with Crippen molar-refractivity contribution in [2.75, 3.05) is 33.9 Å². The molecule has 1 aromatic carbocycles. The van der Waals surface area contributed by atoms with Crippen LogP contribution in [0.5, 0.6) is 0 Å². The van der Waals surface area contributed by atoms with Crippen molar-refractivity contribution in [3.63, 3.8) is 0 Å². The van der Waals surface area contributed by atoms with Crippen LogP contribution in [0, 0.1) is 0 Å². The van der Waals surface area contributed by atoms with Crippen molar-refractivity contribution in [1.82, 2.24) is 20.4 Å². The maximum absolute atomic E-state index is 11.7. The van der Waals surface area contributed by atoms with Gasteiger partial charge in [-0.2, -0.15) is 4.98 Å². The van der Waals surface area contributed by atoms with Gasteiger partial charge in [-0.3, -0.25) is 9.69 Å². The van der Waals surface area contributed by atoms with E-state index in [1.807, 2.05) is 24.1 Å². The summed E-state index contributed by atoms with van der Waals surface area (Å²) in [5.74, 6) is 0.979. The van der Waals surface area contributed by atoms with E-state index in [1.54, 1.807) is 7.11 Å². The van der Waals surface area contributed by atoms with Gasteiger partial charge < -0.3 is 14.6 Å². The van der Waals surface area contributed by atoms with Crippen LogP contribution in [0.25, 0.3) is 11.4 Å². The molecule has 7 nitrogen and oxygen atoms in total. The predicted molar refractivity (Wildman–Crippen MR) is 90.3 cm³/mol. The van der Waals surface area contributed by atoms with Gasteiger partial charge in [0.15, 0.2) is 0 Å². The van der Waals surface area contributed by atoms with Crippen molar-refractivity contribution in [1.29, 1.82) is 0 Å². The van der Waals surface area contributed by atoms with Crippen LogP contribution >= 0.6 is 0 Å². The number of ether oxygens (including phenoxy) is 1. The second-order valence-electron chi connectivity index (χ2n) is 5.58. The standard InChI is InChI=1S/C17H24N4O3/c1-4-13-5-7-14(8-6-13)17-19-16(24-20-17)12-21(2)11-15(22)18-9-10-23-3/h5-8H,4,9-12H2,1-3H3,(H,18,22). The first-order valence-corrected chi connectivity index (χ1v) is 7.98. The zero-order chi connectivity index (χ0) is 17.4. The Bertz CT molecular complexity index is 640.